The predicted octanol–water partition coefficient (Wildman–Crippen LogP) is 8.57. The minimum atomic E-state index is -2.15. The molecule has 50 heavy (non-hydrogen) atoms. The van der Waals surface area contributed by atoms with E-state index >= 15 is 0 Å². The van der Waals surface area contributed by atoms with Crippen LogP contribution in [0, 0.1) is 34.5 Å². The zero-order valence-electron chi connectivity index (χ0n) is 31.5. The second-order valence-electron chi connectivity index (χ2n) is 16.7. The molecule has 1 aromatic carbocycles. The van der Waals surface area contributed by atoms with Crippen molar-refractivity contribution in [2.24, 2.45) is 34.5 Å². The number of benzene rings is 1. The van der Waals surface area contributed by atoms with E-state index in [0.29, 0.717) is 23.2 Å². The monoisotopic (exact) mass is 691 g/mol. The average molecular weight is 692 g/mol. The van der Waals surface area contributed by atoms with Crippen molar-refractivity contribution in [2.75, 3.05) is 18.5 Å². The molecule has 7 heteroatoms. The molecule has 0 heterocycles. The summed E-state index contributed by atoms with van der Waals surface area (Å²) in [5, 5.41) is 38.4. The number of rotatable bonds is 19. The van der Waals surface area contributed by atoms with Crippen LogP contribution in [0.3, 0.4) is 0 Å². The molecule has 0 radical (unpaired) electrons. The number of anilines is 1. The van der Waals surface area contributed by atoms with E-state index in [-0.39, 0.29) is 34.5 Å². The van der Waals surface area contributed by atoms with E-state index in [9.17, 15) is 24.9 Å². The number of carbonyl (C=O) groups is 2. The average Bonchev–Trinajstić information content (AvgIpc) is 3.59. The summed E-state index contributed by atoms with van der Waals surface area (Å²) in [6.45, 7) is 10.6. The van der Waals surface area contributed by atoms with Crippen molar-refractivity contribution in [1.82, 2.24) is 0 Å². The fourth-order valence-corrected chi connectivity index (χ4v) is 10.1. The Morgan fingerprint density at radius 3 is 2.12 bits per heavy atom. The van der Waals surface area contributed by atoms with Crippen molar-refractivity contribution in [3.63, 3.8) is 0 Å². The Morgan fingerprint density at radius 1 is 0.940 bits per heavy atom. The van der Waals surface area contributed by atoms with Gasteiger partial charge < -0.3 is 25.4 Å². The number of carbonyl (C=O) groups excluding carboxylic acids is 2. The Kier molecular flexibility index (Phi) is 12.8. The number of nitrogens with one attached hydrogen (secondary N) is 1. The number of esters is 1. The summed E-state index contributed by atoms with van der Waals surface area (Å²) in [5.74, 6) is -1.27. The van der Waals surface area contributed by atoms with Crippen molar-refractivity contribution < 1.29 is 29.6 Å². The molecule has 278 valence electrons. The Balaban J connectivity index is 1.17. The second kappa shape index (κ2) is 16.5. The normalized spacial score (nSPS) is 32.3. The Hall–Kier alpha value is -2.48. The summed E-state index contributed by atoms with van der Waals surface area (Å²) in [6, 6.07) is 7.22. The summed E-state index contributed by atoms with van der Waals surface area (Å²) >= 11 is 0. The highest BCUT2D eigenvalue weighted by Crippen LogP contribution is 2.71. The maximum absolute atomic E-state index is 14.6. The highest BCUT2D eigenvalue weighted by atomic mass is 16.6. The lowest BCUT2D eigenvalue weighted by molar-refractivity contribution is -0.190. The molecule has 5 rings (SSSR count). The maximum Gasteiger partial charge on any atom is 0.340 e. The molecule has 4 aliphatic rings. The minimum Gasteiger partial charge on any atom is -0.451 e. The van der Waals surface area contributed by atoms with Crippen LogP contribution in [0.25, 0.3) is 0 Å². The number of fused-ring (bicyclic) bond motifs is 3. The minimum absolute atomic E-state index is 0.0483. The van der Waals surface area contributed by atoms with Crippen molar-refractivity contribution in [1.29, 1.82) is 0 Å². The molecule has 2 saturated carbocycles. The van der Waals surface area contributed by atoms with E-state index in [1.165, 1.54) is 77.0 Å². The Labute approximate surface area is 301 Å². The SMILES string of the molecule is CCCCCCCCCCCCCCCCNc1ccccc1C(=O)O[C@H]1C(C)=C[C@@]23C(=O)[C@@H](C=C(CO)[C@@H](O)[C@]12O)[C@H]1[C@@H](C[C@H]3C)C1(C)C. The molecule has 4 N–H and O–H groups in total. The number of allylic oxidation sites excluding steroid dienone is 1. The molecule has 4 aliphatic carbocycles. The molecule has 1 aromatic rings. The number of hydrogen-bond acceptors (Lipinski definition) is 7. The van der Waals surface area contributed by atoms with E-state index in [2.05, 4.69) is 26.1 Å². The van der Waals surface area contributed by atoms with Gasteiger partial charge in [-0.15, -0.1) is 0 Å². The third-order valence-corrected chi connectivity index (χ3v) is 13.1. The van der Waals surface area contributed by atoms with Crippen LogP contribution in [-0.4, -0.2) is 58.0 Å². The quantitative estimate of drug-likeness (QED) is 0.0653. The molecule has 0 unspecified atom stereocenters. The highest BCUT2D eigenvalue weighted by molar-refractivity contribution is 5.97. The molecule has 1 spiro atoms. The van der Waals surface area contributed by atoms with E-state index in [1.54, 1.807) is 31.2 Å². The Morgan fingerprint density at radius 2 is 1.52 bits per heavy atom. The van der Waals surface area contributed by atoms with Gasteiger partial charge in [0.15, 0.2) is 17.5 Å². The maximum atomic E-state index is 14.6. The van der Waals surface area contributed by atoms with Crippen molar-refractivity contribution in [2.45, 2.75) is 149 Å². The van der Waals surface area contributed by atoms with Gasteiger partial charge in [-0.1, -0.05) is 135 Å². The summed E-state index contributed by atoms with van der Waals surface area (Å²) in [7, 11) is 0. The van der Waals surface area contributed by atoms with E-state index in [0.717, 1.165) is 19.4 Å². The first-order valence-electron chi connectivity index (χ1n) is 20.0. The lowest BCUT2D eigenvalue weighted by Crippen LogP contribution is -2.65. The van der Waals surface area contributed by atoms with Gasteiger partial charge >= 0.3 is 5.97 Å². The van der Waals surface area contributed by atoms with E-state index in [1.807, 2.05) is 19.1 Å². The van der Waals surface area contributed by atoms with Crippen LogP contribution in [0.1, 0.15) is 141 Å². The van der Waals surface area contributed by atoms with Crippen molar-refractivity contribution in [3.8, 4) is 0 Å². The summed E-state index contributed by atoms with van der Waals surface area (Å²) < 4.78 is 6.15. The zero-order chi connectivity index (χ0) is 36.1. The first kappa shape index (κ1) is 38.7. The van der Waals surface area contributed by atoms with Crippen LogP contribution in [0.5, 0.6) is 0 Å². The molecule has 0 aliphatic heterocycles. The van der Waals surface area contributed by atoms with Gasteiger partial charge in [0.1, 0.15) is 6.10 Å². The second-order valence-corrected chi connectivity index (χ2v) is 16.7. The van der Waals surface area contributed by atoms with Gasteiger partial charge in [-0.2, -0.15) is 0 Å². The zero-order valence-corrected chi connectivity index (χ0v) is 31.5. The number of aliphatic hydroxyl groups excluding tert-OH is 2. The van der Waals surface area contributed by atoms with Crippen LogP contribution in [0.15, 0.2) is 47.6 Å². The molecule has 2 bridgehead atoms. The van der Waals surface area contributed by atoms with Gasteiger partial charge in [-0.25, -0.2) is 4.79 Å². The third kappa shape index (κ3) is 7.25. The van der Waals surface area contributed by atoms with Gasteiger partial charge in [-0.05, 0) is 66.2 Å². The van der Waals surface area contributed by atoms with E-state index in [4.69, 9.17) is 4.74 Å². The van der Waals surface area contributed by atoms with Crippen LogP contribution in [-0.2, 0) is 9.53 Å². The van der Waals surface area contributed by atoms with Gasteiger partial charge in [-0.3, -0.25) is 4.79 Å². The summed E-state index contributed by atoms with van der Waals surface area (Å²) in [4.78, 5) is 28.5. The van der Waals surface area contributed by atoms with Crippen LogP contribution < -0.4 is 5.32 Å². The van der Waals surface area contributed by atoms with Crippen LogP contribution in [0.2, 0.25) is 0 Å². The summed E-state index contributed by atoms with van der Waals surface area (Å²) in [6.07, 6.45) is 19.5. The molecule has 0 saturated heterocycles. The van der Waals surface area contributed by atoms with Crippen LogP contribution in [0.4, 0.5) is 5.69 Å². The highest BCUT2D eigenvalue weighted by Gasteiger charge is 2.76. The molecule has 2 fully saturated rings. The molecule has 0 aromatic heterocycles. The topological polar surface area (TPSA) is 116 Å². The van der Waals surface area contributed by atoms with Gasteiger partial charge in [0.05, 0.1) is 17.6 Å². The van der Waals surface area contributed by atoms with Crippen LogP contribution >= 0.6 is 0 Å². The number of ether oxygens (including phenoxy) is 1. The first-order valence-corrected chi connectivity index (χ1v) is 20.0. The molecular weight excluding hydrogens is 626 g/mol. The predicted molar refractivity (Wildman–Crippen MR) is 200 cm³/mol. The van der Waals surface area contributed by atoms with Crippen molar-refractivity contribution >= 4 is 17.4 Å². The van der Waals surface area contributed by atoms with Crippen molar-refractivity contribution in [3.05, 3.63) is 53.1 Å². The fourth-order valence-electron chi connectivity index (χ4n) is 10.1. The Bertz CT molecular complexity index is 1400. The van der Waals surface area contributed by atoms with Gasteiger partial charge in [0.2, 0.25) is 0 Å². The number of Topliss-reactive ketones (excluding diaryl/α,β-unsaturated/α-hetero) is 1. The molecule has 0 amide bonds. The largest absolute Gasteiger partial charge is 0.451 e. The number of para-hydroxylation sites is 1. The van der Waals surface area contributed by atoms with E-state index < -0.39 is 41.7 Å². The number of aliphatic hydroxyl groups is 3. The number of hydrogen-bond donors (Lipinski definition) is 4. The fraction of sp³-hybridized carbons (Fsp3) is 0.721. The standard InChI is InChI=1S/C43H65NO6/c1-6-7-8-9-10-11-12-13-14-15-16-17-18-21-24-44-35-23-20-19-22-32(35)40(48)50-39-29(2)27-42-30(3)25-34-36(41(34,4)5)33(38(42)47)26-31(28-45)37(46)43(39,42)49/h19-20,22-23,26-27,30,33-34,36-37,39,44-46,49H,6-18,21,24-25,28H2,1-5H3/t30-,33+,34-,36+,37-,39+,42-,43+/m1/s1. The van der Waals surface area contributed by atoms with Gasteiger partial charge in [0, 0.05) is 18.2 Å². The first-order chi connectivity index (χ1) is 24.0. The molecule has 8 atom stereocenters. The molecule has 7 nitrogen and oxygen atoms in total. The number of unbranched alkanes of at least 4 members (excludes halogenated alkanes) is 13. The number of ketones is 1. The third-order valence-electron chi connectivity index (χ3n) is 13.1. The lowest BCUT2D eigenvalue weighted by Gasteiger charge is -2.48. The smallest absolute Gasteiger partial charge is 0.340 e. The molecular formula is C43H65NO6. The van der Waals surface area contributed by atoms with Gasteiger partial charge in [0.25, 0.3) is 0 Å². The lowest BCUT2D eigenvalue weighted by atomic mass is 9.59. The summed E-state index contributed by atoms with van der Waals surface area (Å²) in [5.41, 5.74) is -1.89.